The number of aliphatic hydroxyl groups is 1. The molecule has 6 heteroatoms. The Morgan fingerprint density at radius 1 is 1.07 bits per heavy atom. The van der Waals surface area contributed by atoms with E-state index in [0.717, 1.165) is 40.7 Å². The van der Waals surface area contributed by atoms with Crippen LogP contribution in [0.5, 0.6) is 0 Å². The van der Waals surface area contributed by atoms with E-state index in [4.69, 9.17) is 9.97 Å². The molecule has 0 saturated carbocycles. The van der Waals surface area contributed by atoms with E-state index in [1.165, 1.54) is 61.0 Å². The molecule has 3 aromatic rings. The van der Waals surface area contributed by atoms with Crippen molar-refractivity contribution in [3.8, 4) is 0 Å². The van der Waals surface area contributed by atoms with Crippen LogP contribution >= 0.6 is 11.3 Å². The van der Waals surface area contributed by atoms with E-state index in [9.17, 15) is 5.11 Å². The molecule has 5 rings (SSSR count). The van der Waals surface area contributed by atoms with E-state index in [1.54, 1.807) is 4.90 Å². The van der Waals surface area contributed by atoms with Crippen LogP contribution in [0.2, 0.25) is 0 Å². The molecule has 146 valence electrons. The van der Waals surface area contributed by atoms with Crippen molar-refractivity contribution < 1.29 is 10.0 Å². The first-order valence-corrected chi connectivity index (χ1v) is 11.2. The summed E-state index contributed by atoms with van der Waals surface area (Å²) in [5, 5.41) is 14.2. The van der Waals surface area contributed by atoms with Gasteiger partial charge in [0.2, 0.25) is 0 Å². The number of aryl methyl sites for hydroxylation is 2. The third-order valence-electron chi connectivity index (χ3n) is 5.95. The number of likely N-dealkylation sites (tertiary alicyclic amines) is 1. The molecule has 1 aliphatic carbocycles. The van der Waals surface area contributed by atoms with Crippen LogP contribution in [0.3, 0.4) is 0 Å². The Kier molecular flexibility index (Phi) is 5.01. The first-order chi connectivity index (χ1) is 13.8. The number of rotatable bonds is 5. The fourth-order valence-corrected chi connectivity index (χ4v) is 5.83. The minimum atomic E-state index is 0.0477. The molecule has 0 unspecified atom stereocenters. The lowest BCUT2D eigenvalue weighted by Crippen LogP contribution is -3.11. The number of anilines is 2. The van der Waals surface area contributed by atoms with Crippen LogP contribution < -0.4 is 10.2 Å². The number of thiophene rings is 1. The lowest BCUT2D eigenvalue weighted by Gasteiger charge is -2.23. The molecular weight excluding hydrogens is 368 g/mol. The number of fused-ring (bicyclic) bond motifs is 3. The predicted molar refractivity (Wildman–Crippen MR) is 113 cm³/mol. The molecule has 0 bridgehead atoms. The van der Waals surface area contributed by atoms with Gasteiger partial charge >= 0.3 is 0 Å². The Hall–Kier alpha value is -2.02. The maximum Gasteiger partial charge on any atom is 0.187 e. The predicted octanol–water partition coefficient (Wildman–Crippen LogP) is 2.98. The summed E-state index contributed by atoms with van der Waals surface area (Å²) in [5.41, 5.74) is 3.32. The molecule has 0 amide bonds. The zero-order valence-corrected chi connectivity index (χ0v) is 16.9. The summed E-state index contributed by atoms with van der Waals surface area (Å²) in [6, 6.07) is 7.95. The van der Waals surface area contributed by atoms with Crippen LogP contribution in [-0.4, -0.2) is 28.2 Å². The van der Waals surface area contributed by atoms with Gasteiger partial charge in [0, 0.05) is 10.6 Å². The van der Waals surface area contributed by atoms with E-state index < -0.39 is 0 Å². The van der Waals surface area contributed by atoms with Crippen molar-refractivity contribution in [2.75, 3.05) is 18.4 Å². The van der Waals surface area contributed by atoms with Crippen molar-refractivity contribution in [3.05, 3.63) is 46.1 Å². The van der Waals surface area contributed by atoms with Crippen molar-refractivity contribution in [2.45, 2.75) is 51.7 Å². The van der Waals surface area contributed by atoms with Gasteiger partial charge in [0.15, 0.2) is 5.82 Å². The second-order valence-corrected chi connectivity index (χ2v) is 9.08. The molecule has 3 heterocycles. The number of nitrogens with zero attached hydrogens (tertiary/aromatic N) is 2. The average Bonchev–Trinajstić information content (AvgIpc) is 3.30. The molecular formula is C22H27N4OS+. The van der Waals surface area contributed by atoms with Crippen LogP contribution in [0.25, 0.3) is 10.2 Å². The largest absolute Gasteiger partial charge is 0.392 e. The Balaban J connectivity index is 1.54. The maximum absolute atomic E-state index is 9.47. The van der Waals surface area contributed by atoms with Gasteiger partial charge in [-0.15, -0.1) is 11.3 Å². The molecule has 1 fully saturated rings. The number of hydrogen-bond donors (Lipinski definition) is 3. The van der Waals surface area contributed by atoms with Crippen molar-refractivity contribution in [1.29, 1.82) is 0 Å². The third-order valence-corrected chi connectivity index (χ3v) is 7.14. The van der Waals surface area contributed by atoms with E-state index in [-0.39, 0.29) is 6.61 Å². The highest BCUT2D eigenvalue weighted by Gasteiger charge is 2.24. The third kappa shape index (κ3) is 3.52. The normalized spacial score (nSPS) is 17.2. The SMILES string of the molecule is OCc1cccc(Nc2nc(C[NH+]3CCCCC3)nc3sc4c(c23)CCC4)c1. The fraction of sp³-hybridized carbons (Fsp3) is 0.455. The van der Waals surface area contributed by atoms with Gasteiger partial charge in [0.05, 0.1) is 25.1 Å². The maximum atomic E-state index is 9.47. The van der Waals surface area contributed by atoms with E-state index in [2.05, 4.69) is 5.32 Å². The van der Waals surface area contributed by atoms with Crippen molar-refractivity contribution in [2.24, 2.45) is 0 Å². The Bertz CT molecular complexity index is 994. The van der Waals surface area contributed by atoms with Gasteiger partial charge in [-0.1, -0.05) is 12.1 Å². The summed E-state index contributed by atoms with van der Waals surface area (Å²) >= 11 is 1.85. The van der Waals surface area contributed by atoms with Crippen LogP contribution in [0.15, 0.2) is 24.3 Å². The molecule has 0 atom stereocenters. The van der Waals surface area contributed by atoms with Crippen LogP contribution in [0.4, 0.5) is 11.5 Å². The molecule has 0 radical (unpaired) electrons. The van der Waals surface area contributed by atoms with Crippen LogP contribution in [0.1, 0.15) is 47.5 Å². The molecule has 1 saturated heterocycles. The molecule has 2 aliphatic rings. The monoisotopic (exact) mass is 395 g/mol. The zero-order chi connectivity index (χ0) is 18.9. The van der Waals surface area contributed by atoms with E-state index >= 15 is 0 Å². The molecule has 3 N–H and O–H groups in total. The zero-order valence-electron chi connectivity index (χ0n) is 16.1. The van der Waals surface area contributed by atoms with Gasteiger partial charge < -0.3 is 15.3 Å². The molecule has 2 aromatic heterocycles. The van der Waals surface area contributed by atoms with Gasteiger partial charge in [-0.3, -0.25) is 0 Å². The summed E-state index contributed by atoms with van der Waals surface area (Å²) in [4.78, 5) is 14.2. The van der Waals surface area contributed by atoms with Crippen molar-refractivity contribution in [1.82, 2.24) is 9.97 Å². The fourth-order valence-electron chi connectivity index (χ4n) is 4.55. The highest BCUT2D eigenvalue weighted by molar-refractivity contribution is 7.19. The highest BCUT2D eigenvalue weighted by atomic mass is 32.1. The summed E-state index contributed by atoms with van der Waals surface area (Å²) in [5.74, 6) is 1.89. The molecule has 5 nitrogen and oxygen atoms in total. The smallest absolute Gasteiger partial charge is 0.187 e. The minimum absolute atomic E-state index is 0.0477. The second-order valence-electron chi connectivity index (χ2n) is 8.00. The van der Waals surface area contributed by atoms with Gasteiger partial charge in [-0.25, -0.2) is 9.97 Å². The number of piperidine rings is 1. The topological polar surface area (TPSA) is 62.5 Å². The standard InChI is InChI=1S/C22H26N4OS/c27-14-15-6-4-7-16(12-15)23-21-20-17-8-5-9-18(17)28-22(20)25-19(24-21)13-26-10-2-1-3-11-26/h4,6-7,12,27H,1-3,5,8-11,13-14H2,(H,23,24,25)/p+1. The first kappa shape index (κ1) is 18.0. The lowest BCUT2D eigenvalue weighted by molar-refractivity contribution is -0.919. The van der Waals surface area contributed by atoms with E-state index in [1.807, 2.05) is 35.6 Å². The number of quaternary nitrogens is 1. The van der Waals surface area contributed by atoms with Crippen LogP contribution in [-0.2, 0) is 26.0 Å². The van der Waals surface area contributed by atoms with Gasteiger partial charge in [0.25, 0.3) is 0 Å². The summed E-state index contributed by atoms with van der Waals surface area (Å²) < 4.78 is 0. The highest BCUT2D eigenvalue weighted by Crippen LogP contribution is 2.40. The second kappa shape index (κ2) is 7.78. The molecule has 1 aromatic carbocycles. The number of aromatic nitrogens is 2. The van der Waals surface area contributed by atoms with Gasteiger partial charge in [-0.2, -0.15) is 0 Å². The quantitative estimate of drug-likeness (QED) is 0.622. The number of aliphatic hydroxyl groups excluding tert-OH is 1. The summed E-state index contributed by atoms with van der Waals surface area (Å²) in [6.07, 6.45) is 7.50. The van der Waals surface area contributed by atoms with Gasteiger partial charge in [0.1, 0.15) is 17.2 Å². The Morgan fingerprint density at radius 2 is 1.96 bits per heavy atom. The average molecular weight is 396 g/mol. The van der Waals surface area contributed by atoms with Gasteiger partial charge in [-0.05, 0) is 61.8 Å². The number of benzene rings is 1. The van der Waals surface area contributed by atoms with Crippen molar-refractivity contribution in [3.63, 3.8) is 0 Å². The molecule has 28 heavy (non-hydrogen) atoms. The lowest BCUT2D eigenvalue weighted by atomic mass is 10.1. The molecule has 1 aliphatic heterocycles. The van der Waals surface area contributed by atoms with Crippen molar-refractivity contribution >= 4 is 33.1 Å². The summed E-state index contributed by atoms with van der Waals surface area (Å²) in [7, 11) is 0. The Morgan fingerprint density at radius 3 is 2.82 bits per heavy atom. The molecule has 0 spiro atoms. The Labute approximate surface area is 169 Å². The van der Waals surface area contributed by atoms with E-state index in [0.29, 0.717) is 0 Å². The summed E-state index contributed by atoms with van der Waals surface area (Å²) in [6.45, 7) is 3.41. The van der Waals surface area contributed by atoms with Crippen LogP contribution in [0, 0.1) is 0 Å². The number of hydrogen-bond acceptors (Lipinski definition) is 5. The first-order valence-electron chi connectivity index (χ1n) is 10.4. The minimum Gasteiger partial charge on any atom is -0.392 e. The number of nitrogens with one attached hydrogen (secondary N) is 2.